The third-order valence-electron chi connectivity index (χ3n) is 4.53. The van der Waals surface area contributed by atoms with Crippen LogP contribution in [-0.4, -0.2) is 0 Å². The van der Waals surface area contributed by atoms with Crippen LogP contribution in [0.25, 0.3) is 21.5 Å². The smallest absolute Gasteiger partial charge is 0.0659 e. The summed E-state index contributed by atoms with van der Waals surface area (Å²) in [5.74, 6) is 0.195. The first-order chi connectivity index (χ1) is 9.86. The number of aryl methyl sites for hydroxylation is 1. The highest BCUT2D eigenvalue weighted by molar-refractivity contribution is 6.08. The van der Waals surface area contributed by atoms with E-state index in [2.05, 4.69) is 54.6 Å². The molecule has 4 rings (SSSR count). The van der Waals surface area contributed by atoms with Crippen LogP contribution >= 0.6 is 0 Å². The van der Waals surface area contributed by atoms with Crippen LogP contribution in [0.4, 0.5) is 0 Å². The average Bonchev–Trinajstić information content (AvgIpc) is 2.53. The van der Waals surface area contributed by atoms with Crippen molar-refractivity contribution in [2.24, 2.45) is 5.92 Å². The zero-order valence-corrected chi connectivity index (χ0v) is 11.3. The summed E-state index contributed by atoms with van der Waals surface area (Å²) in [7, 11) is 0. The van der Waals surface area contributed by atoms with Gasteiger partial charge in [-0.3, -0.25) is 0 Å². The minimum Gasteiger partial charge on any atom is -0.198 e. The van der Waals surface area contributed by atoms with Crippen molar-refractivity contribution < 1.29 is 0 Å². The van der Waals surface area contributed by atoms with E-state index in [9.17, 15) is 0 Å². The molecule has 0 radical (unpaired) electrons. The molecular formula is C19H15N. The summed E-state index contributed by atoms with van der Waals surface area (Å²) in [5.41, 5.74) is 2.82. The van der Waals surface area contributed by atoms with Gasteiger partial charge in [-0.05, 0) is 51.9 Å². The molecule has 3 aromatic carbocycles. The minimum atomic E-state index is 0.195. The minimum absolute atomic E-state index is 0.195. The van der Waals surface area contributed by atoms with Gasteiger partial charge in [-0.25, -0.2) is 0 Å². The van der Waals surface area contributed by atoms with E-state index in [0.717, 1.165) is 19.3 Å². The van der Waals surface area contributed by atoms with Crippen LogP contribution < -0.4 is 0 Å². The number of nitrogens with zero attached hydrogens (tertiary/aromatic N) is 1. The molecule has 0 spiro atoms. The average molecular weight is 257 g/mol. The second-order valence-electron chi connectivity index (χ2n) is 5.65. The van der Waals surface area contributed by atoms with Crippen molar-refractivity contribution in [2.45, 2.75) is 19.3 Å². The summed E-state index contributed by atoms with van der Waals surface area (Å²) in [4.78, 5) is 0. The first kappa shape index (κ1) is 11.5. The molecule has 1 aliphatic rings. The van der Waals surface area contributed by atoms with E-state index in [1.165, 1.54) is 32.7 Å². The van der Waals surface area contributed by atoms with Crippen LogP contribution in [0.15, 0.2) is 48.5 Å². The topological polar surface area (TPSA) is 23.8 Å². The zero-order valence-electron chi connectivity index (χ0n) is 11.3. The quantitative estimate of drug-likeness (QED) is 0.539. The van der Waals surface area contributed by atoms with Crippen LogP contribution in [-0.2, 0) is 12.8 Å². The van der Waals surface area contributed by atoms with Crippen LogP contribution in [0, 0.1) is 17.2 Å². The Balaban J connectivity index is 2.01. The van der Waals surface area contributed by atoms with Crippen molar-refractivity contribution in [1.82, 2.24) is 0 Å². The molecule has 0 heterocycles. The van der Waals surface area contributed by atoms with Gasteiger partial charge in [-0.1, -0.05) is 48.5 Å². The van der Waals surface area contributed by atoms with Gasteiger partial charge in [0, 0.05) is 0 Å². The van der Waals surface area contributed by atoms with Gasteiger partial charge in [-0.15, -0.1) is 0 Å². The van der Waals surface area contributed by atoms with Gasteiger partial charge in [-0.2, -0.15) is 5.26 Å². The summed E-state index contributed by atoms with van der Waals surface area (Å²) in [6, 6.07) is 19.9. The number of hydrogen-bond acceptors (Lipinski definition) is 1. The number of benzene rings is 3. The Morgan fingerprint density at radius 2 is 1.75 bits per heavy atom. The molecule has 0 saturated carbocycles. The number of hydrogen-bond donors (Lipinski definition) is 0. The fourth-order valence-corrected chi connectivity index (χ4v) is 3.48. The lowest BCUT2D eigenvalue weighted by molar-refractivity contribution is 0.567. The molecule has 3 aromatic rings. The van der Waals surface area contributed by atoms with E-state index in [4.69, 9.17) is 5.26 Å². The lowest BCUT2D eigenvalue weighted by atomic mass is 9.81. The molecule has 0 amide bonds. The Kier molecular flexibility index (Phi) is 2.50. The Morgan fingerprint density at radius 3 is 2.65 bits per heavy atom. The van der Waals surface area contributed by atoms with Crippen molar-refractivity contribution in [3.8, 4) is 6.07 Å². The van der Waals surface area contributed by atoms with Gasteiger partial charge in [0.05, 0.1) is 12.0 Å². The Hall–Kier alpha value is -2.33. The molecule has 0 bridgehead atoms. The molecule has 1 nitrogen and oxygen atoms in total. The maximum atomic E-state index is 9.12. The Morgan fingerprint density at radius 1 is 0.900 bits per heavy atom. The lowest BCUT2D eigenvalue weighted by Crippen LogP contribution is -2.12. The van der Waals surface area contributed by atoms with E-state index in [-0.39, 0.29) is 5.92 Å². The number of fused-ring (bicyclic) bond motifs is 5. The largest absolute Gasteiger partial charge is 0.198 e. The third-order valence-corrected chi connectivity index (χ3v) is 4.53. The van der Waals surface area contributed by atoms with E-state index in [0.29, 0.717) is 0 Å². The molecule has 0 saturated heterocycles. The van der Waals surface area contributed by atoms with Crippen molar-refractivity contribution in [2.75, 3.05) is 0 Å². The standard InChI is InChI=1S/C19H15N/c20-12-13-5-8-17-15(11-13)7-10-18-16-4-2-1-3-14(16)6-9-19(17)18/h1-4,6-7,9-10,13H,5,8,11H2. The summed E-state index contributed by atoms with van der Waals surface area (Å²) < 4.78 is 0. The maximum absolute atomic E-state index is 9.12. The maximum Gasteiger partial charge on any atom is 0.0659 e. The number of nitriles is 1. The molecule has 1 aliphatic carbocycles. The Labute approximate surface area is 118 Å². The van der Waals surface area contributed by atoms with Gasteiger partial charge < -0.3 is 0 Å². The molecule has 96 valence electrons. The molecule has 0 fully saturated rings. The highest BCUT2D eigenvalue weighted by Gasteiger charge is 2.20. The monoisotopic (exact) mass is 257 g/mol. The van der Waals surface area contributed by atoms with E-state index in [1.807, 2.05) is 0 Å². The predicted molar refractivity (Wildman–Crippen MR) is 82.6 cm³/mol. The summed E-state index contributed by atoms with van der Waals surface area (Å²) in [5, 5.41) is 14.5. The second-order valence-corrected chi connectivity index (χ2v) is 5.65. The fourth-order valence-electron chi connectivity index (χ4n) is 3.48. The van der Waals surface area contributed by atoms with Gasteiger partial charge in [0.2, 0.25) is 0 Å². The van der Waals surface area contributed by atoms with E-state index in [1.54, 1.807) is 0 Å². The SMILES string of the molecule is N#CC1CCc2c(ccc3c2ccc2ccccc23)C1. The number of rotatable bonds is 0. The fraction of sp³-hybridized carbons (Fsp3) is 0.211. The Bertz CT molecular complexity index is 855. The molecule has 0 aliphatic heterocycles. The van der Waals surface area contributed by atoms with Crippen molar-refractivity contribution in [3.05, 3.63) is 59.7 Å². The first-order valence-electron chi connectivity index (χ1n) is 7.18. The van der Waals surface area contributed by atoms with Gasteiger partial charge in [0.15, 0.2) is 0 Å². The highest BCUT2D eigenvalue weighted by atomic mass is 14.3. The molecule has 1 heteroatoms. The molecule has 0 N–H and O–H groups in total. The lowest BCUT2D eigenvalue weighted by Gasteiger charge is -2.22. The van der Waals surface area contributed by atoms with Crippen molar-refractivity contribution >= 4 is 21.5 Å². The van der Waals surface area contributed by atoms with E-state index < -0.39 is 0 Å². The van der Waals surface area contributed by atoms with E-state index >= 15 is 0 Å². The summed E-state index contributed by atoms with van der Waals surface area (Å²) in [6.07, 6.45) is 2.94. The van der Waals surface area contributed by atoms with Crippen molar-refractivity contribution in [1.29, 1.82) is 5.26 Å². The molecule has 1 atom stereocenters. The highest BCUT2D eigenvalue weighted by Crippen LogP contribution is 2.34. The molecule has 1 unspecified atom stereocenters. The molecular weight excluding hydrogens is 242 g/mol. The predicted octanol–water partition coefficient (Wildman–Crippen LogP) is 4.62. The normalized spacial score (nSPS) is 17.9. The molecule has 0 aromatic heterocycles. The van der Waals surface area contributed by atoms with Crippen molar-refractivity contribution in [3.63, 3.8) is 0 Å². The zero-order chi connectivity index (χ0) is 13.5. The van der Waals surface area contributed by atoms with Gasteiger partial charge in [0.25, 0.3) is 0 Å². The summed E-state index contributed by atoms with van der Waals surface area (Å²) in [6.45, 7) is 0. The van der Waals surface area contributed by atoms with Crippen LogP contribution in [0.5, 0.6) is 0 Å². The van der Waals surface area contributed by atoms with Crippen LogP contribution in [0.1, 0.15) is 17.5 Å². The van der Waals surface area contributed by atoms with Crippen LogP contribution in [0.3, 0.4) is 0 Å². The second kappa shape index (κ2) is 4.35. The first-order valence-corrected chi connectivity index (χ1v) is 7.18. The van der Waals surface area contributed by atoms with Gasteiger partial charge >= 0.3 is 0 Å². The third kappa shape index (κ3) is 1.62. The van der Waals surface area contributed by atoms with Gasteiger partial charge in [0.1, 0.15) is 0 Å². The molecule has 20 heavy (non-hydrogen) atoms. The summed E-state index contributed by atoms with van der Waals surface area (Å²) >= 11 is 0. The van der Waals surface area contributed by atoms with Crippen LogP contribution in [0.2, 0.25) is 0 Å².